The number of amides is 2. The van der Waals surface area contributed by atoms with Gasteiger partial charge in [-0.1, -0.05) is 18.2 Å². The van der Waals surface area contributed by atoms with Crippen LogP contribution in [0.25, 0.3) is 0 Å². The highest BCUT2D eigenvalue weighted by Gasteiger charge is 2.17. The maximum Gasteiger partial charge on any atom is 0.255 e. The highest BCUT2D eigenvalue weighted by atomic mass is 32.2. The van der Waals surface area contributed by atoms with Crippen LogP contribution in [0.2, 0.25) is 0 Å². The second kappa shape index (κ2) is 8.59. The monoisotopic (exact) mass is 417 g/mol. The van der Waals surface area contributed by atoms with Crippen LogP contribution >= 0.6 is 11.8 Å². The molecular formula is C19H19N3O4S2. The third-order valence-electron chi connectivity index (χ3n) is 3.89. The largest absolute Gasteiger partial charge is 0.324 e. The number of nitrogens with one attached hydrogen (secondary N) is 3. The van der Waals surface area contributed by atoms with Gasteiger partial charge in [-0.15, -0.1) is 18.3 Å². The number of carbonyl (C=O) groups excluding carboxylic acids is 2. The highest BCUT2D eigenvalue weighted by Crippen LogP contribution is 2.32. The fourth-order valence-electron chi connectivity index (χ4n) is 2.57. The van der Waals surface area contributed by atoms with Crippen LogP contribution in [0.1, 0.15) is 15.9 Å². The number of anilines is 2. The first-order valence-electron chi connectivity index (χ1n) is 8.41. The number of sulfonamides is 1. The molecule has 2 aromatic carbocycles. The second-order valence-corrected chi connectivity index (χ2v) is 8.92. The van der Waals surface area contributed by atoms with E-state index in [0.29, 0.717) is 28.3 Å². The first kappa shape index (κ1) is 20.1. The minimum Gasteiger partial charge on any atom is -0.324 e. The summed E-state index contributed by atoms with van der Waals surface area (Å²) in [5.41, 5.74) is 2.19. The molecule has 0 unspecified atom stereocenters. The van der Waals surface area contributed by atoms with Crippen LogP contribution < -0.4 is 15.4 Å². The Morgan fingerprint density at radius 3 is 2.68 bits per heavy atom. The zero-order valence-corrected chi connectivity index (χ0v) is 16.5. The lowest BCUT2D eigenvalue weighted by Crippen LogP contribution is -2.25. The standard InChI is InChI=1S/C19H19N3O4S2/c1-2-9-20-28(25,26)12-13-3-6-15(7-4-13)21-19(24)14-5-8-17-16(10-14)22-18(23)11-27-17/h2-8,10,20H,1,9,11-12H2,(H,21,24)(H,22,23). The average Bonchev–Trinajstić information content (AvgIpc) is 2.67. The van der Waals surface area contributed by atoms with Gasteiger partial charge in [0.1, 0.15) is 0 Å². The number of hydrogen-bond donors (Lipinski definition) is 3. The number of hydrogen-bond acceptors (Lipinski definition) is 5. The smallest absolute Gasteiger partial charge is 0.255 e. The predicted octanol–water partition coefficient (Wildman–Crippen LogP) is 2.59. The molecule has 0 saturated heterocycles. The van der Waals surface area contributed by atoms with E-state index < -0.39 is 10.0 Å². The fraction of sp³-hybridized carbons (Fsp3) is 0.158. The first-order valence-corrected chi connectivity index (χ1v) is 11.1. The summed E-state index contributed by atoms with van der Waals surface area (Å²) in [5, 5.41) is 5.52. The lowest BCUT2D eigenvalue weighted by molar-refractivity contribution is -0.113. The molecule has 7 nitrogen and oxygen atoms in total. The first-order chi connectivity index (χ1) is 13.4. The summed E-state index contributed by atoms with van der Waals surface area (Å²) >= 11 is 1.43. The van der Waals surface area contributed by atoms with Crippen molar-refractivity contribution in [2.24, 2.45) is 0 Å². The van der Waals surface area contributed by atoms with Gasteiger partial charge in [0.25, 0.3) is 5.91 Å². The molecular weight excluding hydrogens is 398 g/mol. The van der Waals surface area contributed by atoms with Crippen molar-refractivity contribution >= 4 is 45.0 Å². The average molecular weight is 418 g/mol. The molecule has 0 aromatic heterocycles. The summed E-state index contributed by atoms with van der Waals surface area (Å²) in [6.45, 7) is 3.65. The molecule has 0 radical (unpaired) electrons. The summed E-state index contributed by atoms with van der Waals surface area (Å²) < 4.78 is 26.2. The van der Waals surface area contributed by atoms with E-state index in [0.717, 1.165) is 4.90 Å². The summed E-state index contributed by atoms with van der Waals surface area (Å²) in [5.74, 6) is -0.204. The van der Waals surface area contributed by atoms with E-state index in [-0.39, 0.29) is 24.1 Å². The second-order valence-electron chi connectivity index (χ2n) is 6.10. The number of thioether (sulfide) groups is 1. The molecule has 0 aliphatic carbocycles. The molecule has 146 valence electrons. The van der Waals surface area contributed by atoms with Crippen molar-refractivity contribution in [1.82, 2.24) is 4.72 Å². The van der Waals surface area contributed by atoms with Crippen LogP contribution in [-0.4, -0.2) is 32.5 Å². The number of carbonyl (C=O) groups is 2. The Morgan fingerprint density at radius 1 is 1.21 bits per heavy atom. The van der Waals surface area contributed by atoms with Crippen LogP contribution in [0.4, 0.5) is 11.4 Å². The van der Waals surface area contributed by atoms with Gasteiger partial charge in [-0.05, 0) is 35.9 Å². The molecule has 2 aromatic rings. The summed E-state index contributed by atoms with van der Waals surface area (Å²) in [7, 11) is -3.43. The Balaban J connectivity index is 1.65. The van der Waals surface area contributed by atoms with Gasteiger partial charge in [0, 0.05) is 22.7 Å². The van der Waals surface area contributed by atoms with E-state index in [4.69, 9.17) is 0 Å². The normalized spacial score (nSPS) is 13.4. The quantitative estimate of drug-likeness (QED) is 0.601. The molecule has 0 atom stereocenters. The van der Waals surface area contributed by atoms with Crippen molar-refractivity contribution in [2.45, 2.75) is 10.6 Å². The van der Waals surface area contributed by atoms with Gasteiger partial charge < -0.3 is 10.6 Å². The topological polar surface area (TPSA) is 104 Å². The maximum absolute atomic E-state index is 12.5. The molecule has 0 fully saturated rings. The van der Waals surface area contributed by atoms with Crippen molar-refractivity contribution in [3.8, 4) is 0 Å². The van der Waals surface area contributed by atoms with Gasteiger partial charge in [0.05, 0.1) is 17.2 Å². The summed E-state index contributed by atoms with van der Waals surface area (Å²) in [6.07, 6.45) is 1.47. The number of benzene rings is 2. The van der Waals surface area contributed by atoms with Gasteiger partial charge in [-0.2, -0.15) is 0 Å². The number of rotatable bonds is 7. The van der Waals surface area contributed by atoms with Crippen molar-refractivity contribution in [3.63, 3.8) is 0 Å². The maximum atomic E-state index is 12.5. The highest BCUT2D eigenvalue weighted by molar-refractivity contribution is 8.00. The minimum absolute atomic E-state index is 0.0943. The fourth-order valence-corrected chi connectivity index (χ4v) is 4.46. The molecule has 1 aliphatic heterocycles. The summed E-state index contributed by atoms with van der Waals surface area (Å²) in [6, 6.07) is 11.7. The number of fused-ring (bicyclic) bond motifs is 1. The molecule has 3 N–H and O–H groups in total. The van der Waals surface area contributed by atoms with Gasteiger partial charge >= 0.3 is 0 Å². The summed E-state index contributed by atoms with van der Waals surface area (Å²) in [4.78, 5) is 24.9. The molecule has 9 heteroatoms. The van der Waals surface area contributed by atoms with Crippen LogP contribution in [0.5, 0.6) is 0 Å². The molecule has 3 rings (SSSR count). The molecule has 0 bridgehead atoms. The minimum atomic E-state index is -3.43. The predicted molar refractivity (Wildman–Crippen MR) is 111 cm³/mol. The SMILES string of the molecule is C=CCNS(=O)(=O)Cc1ccc(NC(=O)c2ccc3c(c2)NC(=O)CS3)cc1. The van der Waals surface area contributed by atoms with Gasteiger partial charge in [-0.25, -0.2) is 13.1 Å². The van der Waals surface area contributed by atoms with E-state index in [1.54, 1.807) is 42.5 Å². The van der Waals surface area contributed by atoms with Crippen molar-refractivity contribution < 1.29 is 18.0 Å². The lowest BCUT2D eigenvalue weighted by atomic mass is 10.1. The Hall–Kier alpha value is -2.62. The Kier molecular flexibility index (Phi) is 6.18. The molecule has 1 heterocycles. The van der Waals surface area contributed by atoms with E-state index in [1.165, 1.54) is 17.8 Å². The van der Waals surface area contributed by atoms with Crippen molar-refractivity contribution in [1.29, 1.82) is 0 Å². The molecule has 0 saturated carbocycles. The Morgan fingerprint density at radius 2 is 1.96 bits per heavy atom. The van der Waals surface area contributed by atoms with E-state index in [1.807, 2.05) is 0 Å². The molecule has 28 heavy (non-hydrogen) atoms. The van der Waals surface area contributed by atoms with Crippen LogP contribution in [0.15, 0.2) is 60.0 Å². The van der Waals surface area contributed by atoms with Crippen molar-refractivity contribution in [2.75, 3.05) is 22.9 Å². The molecule has 2 amide bonds. The zero-order valence-electron chi connectivity index (χ0n) is 14.9. The molecule has 0 spiro atoms. The van der Waals surface area contributed by atoms with Gasteiger partial charge in [0.15, 0.2) is 0 Å². The van der Waals surface area contributed by atoms with Crippen LogP contribution in [0.3, 0.4) is 0 Å². The Bertz CT molecular complexity index is 1020. The Labute approximate surface area is 167 Å². The third kappa shape index (κ3) is 5.22. The van der Waals surface area contributed by atoms with Gasteiger partial charge in [0.2, 0.25) is 15.9 Å². The van der Waals surface area contributed by atoms with E-state index >= 15 is 0 Å². The van der Waals surface area contributed by atoms with Gasteiger partial charge in [-0.3, -0.25) is 9.59 Å². The van der Waals surface area contributed by atoms with E-state index in [2.05, 4.69) is 21.9 Å². The molecule has 1 aliphatic rings. The van der Waals surface area contributed by atoms with E-state index in [9.17, 15) is 18.0 Å². The third-order valence-corrected chi connectivity index (χ3v) is 6.28. The van der Waals surface area contributed by atoms with Crippen LogP contribution in [-0.2, 0) is 20.6 Å². The van der Waals surface area contributed by atoms with Crippen LogP contribution in [0, 0.1) is 0 Å². The van der Waals surface area contributed by atoms with Crippen molar-refractivity contribution in [3.05, 3.63) is 66.2 Å². The lowest BCUT2D eigenvalue weighted by Gasteiger charge is -2.17. The zero-order chi connectivity index (χ0) is 20.1.